The maximum Gasteiger partial charge on any atom is 0.318 e. The molecule has 0 unspecified atom stereocenters. The number of carbonyl (C=O) groups is 3. The van der Waals surface area contributed by atoms with Crippen LogP contribution in [-0.4, -0.2) is 94.6 Å². The van der Waals surface area contributed by atoms with Crippen molar-refractivity contribution in [2.24, 2.45) is 0 Å². The summed E-state index contributed by atoms with van der Waals surface area (Å²) in [7, 11) is 0. The van der Waals surface area contributed by atoms with Crippen LogP contribution in [0.15, 0.2) is 79.0 Å². The van der Waals surface area contributed by atoms with Gasteiger partial charge in [0.05, 0.1) is 51.0 Å². The number of nitrogens with one attached hydrogen (secondary N) is 2. The molecule has 3 N–H and O–H groups in total. The Kier molecular flexibility index (Phi) is 11.7. The Hall–Kier alpha value is -5.86. The molecule has 4 aromatic rings. The number of phenols is 1. The lowest BCUT2D eigenvalue weighted by Crippen LogP contribution is -2.58. The number of hydrogen-bond donors (Lipinski definition) is 3. The van der Waals surface area contributed by atoms with E-state index in [1.807, 2.05) is 6.07 Å². The average molecular weight is 722 g/mol. The number of rotatable bonds is 8. The summed E-state index contributed by atoms with van der Waals surface area (Å²) in [5.74, 6) is 5.34. The number of anilines is 1. The van der Waals surface area contributed by atoms with E-state index in [-0.39, 0.29) is 38.0 Å². The van der Waals surface area contributed by atoms with Gasteiger partial charge in [0, 0.05) is 47.7 Å². The van der Waals surface area contributed by atoms with Crippen LogP contribution < -0.4 is 10.6 Å². The molecule has 52 heavy (non-hydrogen) atoms. The minimum absolute atomic E-state index is 0.00460. The molecule has 14 heteroatoms. The van der Waals surface area contributed by atoms with Gasteiger partial charge in [0.15, 0.2) is 0 Å². The highest BCUT2D eigenvalue weighted by atomic mass is 35.5. The Bertz CT molecular complexity index is 2010. The number of aryl methyl sites for hydroxylation is 1. The van der Waals surface area contributed by atoms with Crippen LogP contribution in [0, 0.1) is 23.2 Å². The highest BCUT2D eigenvalue weighted by molar-refractivity contribution is 6.31. The largest absolute Gasteiger partial charge is 0.507 e. The van der Waals surface area contributed by atoms with Gasteiger partial charge < -0.3 is 35.0 Å². The Morgan fingerprint density at radius 1 is 0.981 bits per heavy atom. The van der Waals surface area contributed by atoms with E-state index in [2.05, 4.69) is 33.6 Å². The van der Waals surface area contributed by atoms with Gasteiger partial charge in [-0.2, -0.15) is 10.4 Å². The summed E-state index contributed by atoms with van der Waals surface area (Å²) in [6.07, 6.45) is 1.96. The smallest absolute Gasteiger partial charge is 0.318 e. The molecule has 0 spiro atoms. The van der Waals surface area contributed by atoms with Crippen molar-refractivity contribution in [2.45, 2.75) is 25.0 Å². The minimum atomic E-state index is -1.01. The maximum atomic E-state index is 14.1. The van der Waals surface area contributed by atoms with Gasteiger partial charge in [0.1, 0.15) is 23.5 Å². The second kappa shape index (κ2) is 16.9. The van der Waals surface area contributed by atoms with E-state index in [1.165, 1.54) is 11.0 Å². The van der Waals surface area contributed by atoms with Gasteiger partial charge >= 0.3 is 6.03 Å². The third-order valence-electron chi connectivity index (χ3n) is 8.58. The molecule has 2 atom stereocenters. The molecule has 2 fully saturated rings. The topological polar surface area (TPSA) is 162 Å². The Morgan fingerprint density at radius 3 is 2.48 bits per heavy atom. The summed E-state index contributed by atoms with van der Waals surface area (Å²) in [4.78, 5) is 44.0. The molecule has 4 amide bonds. The number of aromatic nitrogens is 2. The highest BCUT2D eigenvalue weighted by Crippen LogP contribution is 2.33. The number of benzene rings is 3. The molecule has 0 aliphatic carbocycles. The van der Waals surface area contributed by atoms with E-state index in [1.54, 1.807) is 76.4 Å². The summed E-state index contributed by atoms with van der Waals surface area (Å²) < 4.78 is 12.6. The number of nitrogens with zero attached hydrogens (tertiary/aromatic N) is 5. The van der Waals surface area contributed by atoms with E-state index in [9.17, 15) is 19.5 Å². The summed E-state index contributed by atoms with van der Waals surface area (Å²) in [5, 5.41) is 30.3. The standard InChI is InChI=1S/C38H36ClN7O6/c39-29-11-14-33(47)31(23-29)34-28(24-45(43-34)16-4-15-40)10-7-26-8-12-30(13-9-26)41-36(48)32-25-52-22-19-46(32)37(49)35(27-5-2-1-3-6-27)42-38(50)44-17-20-51-21-18-44/h1-3,5-6,8-9,11-14,23-24,32,35,47H,4,16-22,25H2,(H,41,48)(H,42,50)/t32-,35-/m1/s1. The zero-order valence-electron chi connectivity index (χ0n) is 28.1. The molecule has 3 aromatic carbocycles. The fourth-order valence-corrected chi connectivity index (χ4v) is 6.03. The first-order chi connectivity index (χ1) is 25.3. The van der Waals surface area contributed by atoms with E-state index in [4.69, 9.17) is 26.3 Å². The molecule has 0 bridgehead atoms. The number of amides is 4. The monoisotopic (exact) mass is 721 g/mol. The Morgan fingerprint density at radius 2 is 1.73 bits per heavy atom. The third-order valence-corrected chi connectivity index (χ3v) is 8.82. The van der Waals surface area contributed by atoms with Crippen LogP contribution >= 0.6 is 11.6 Å². The van der Waals surface area contributed by atoms with Crippen molar-refractivity contribution < 1.29 is 29.0 Å². The highest BCUT2D eigenvalue weighted by Gasteiger charge is 2.38. The van der Waals surface area contributed by atoms with Crippen LogP contribution in [0.3, 0.4) is 0 Å². The predicted molar refractivity (Wildman–Crippen MR) is 192 cm³/mol. The lowest BCUT2D eigenvalue weighted by Gasteiger charge is -2.37. The van der Waals surface area contributed by atoms with Crippen molar-refractivity contribution >= 4 is 35.1 Å². The van der Waals surface area contributed by atoms with E-state index in [0.29, 0.717) is 71.5 Å². The molecule has 2 aliphatic heterocycles. The van der Waals surface area contributed by atoms with Gasteiger partial charge in [-0.3, -0.25) is 14.3 Å². The third kappa shape index (κ3) is 8.71. The quantitative estimate of drug-likeness (QED) is 0.229. The van der Waals surface area contributed by atoms with Crippen LogP contribution in [0.2, 0.25) is 5.02 Å². The van der Waals surface area contributed by atoms with Crippen LogP contribution in [0.5, 0.6) is 5.75 Å². The fraction of sp³-hybridized carbons (Fsp3) is 0.289. The van der Waals surface area contributed by atoms with Crippen molar-refractivity contribution in [2.75, 3.05) is 51.4 Å². The molecule has 266 valence electrons. The van der Waals surface area contributed by atoms with E-state index >= 15 is 0 Å². The molecule has 3 heterocycles. The number of hydrogen-bond acceptors (Lipinski definition) is 8. The molecule has 6 rings (SSSR count). The van der Waals surface area contributed by atoms with Crippen molar-refractivity contribution in [1.29, 1.82) is 5.26 Å². The molecular formula is C38H36ClN7O6. The van der Waals surface area contributed by atoms with Crippen LogP contribution in [0.4, 0.5) is 10.5 Å². The Balaban J connectivity index is 1.16. The van der Waals surface area contributed by atoms with Crippen molar-refractivity contribution in [1.82, 2.24) is 24.9 Å². The van der Waals surface area contributed by atoms with Crippen molar-refractivity contribution in [3.8, 4) is 34.9 Å². The molecule has 0 radical (unpaired) electrons. The van der Waals surface area contributed by atoms with Gasteiger partial charge in [-0.05, 0) is 48.0 Å². The Labute approximate surface area is 305 Å². The first kappa shape index (κ1) is 35.9. The van der Waals surface area contributed by atoms with Crippen LogP contribution in [0.25, 0.3) is 11.3 Å². The number of carbonyl (C=O) groups excluding carboxylic acids is 3. The number of phenolic OH excluding ortho intramolecular Hbond substituents is 1. The van der Waals surface area contributed by atoms with Gasteiger partial charge in [-0.15, -0.1) is 0 Å². The SMILES string of the molecule is N#CCCn1cc(C#Cc2ccc(NC(=O)[C@H]3COCCN3C(=O)[C@H](NC(=O)N3CCOCC3)c3ccccc3)cc2)c(-c2cc(Cl)ccc2O)n1. The number of urea groups is 1. The number of morpholine rings is 2. The lowest BCUT2D eigenvalue weighted by molar-refractivity contribution is -0.148. The second-order valence-corrected chi connectivity index (χ2v) is 12.5. The van der Waals surface area contributed by atoms with E-state index < -0.39 is 23.9 Å². The molecule has 0 saturated carbocycles. The second-order valence-electron chi connectivity index (χ2n) is 12.1. The minimum Gasteiger partial charge on any atom is -0.507 e. The first-order valence-electron chi connectivity index (χ1n) is 16.7. The van der Waals surface area contributed by atoms with Gasteiger partial charge in [-0.1, -0.05) is 53.8 Å². The van der Waals surface area contributed by atoms with Gasteiger partial charge in [0.2, 0.25) is 5.91 Å². The van der Waals surface area contributed by atoms with Crippen LogP contribution in [0.1, 0.15) is 29.2 Å². The normalized spacial score (nSPS) is 16.2. The van der Waals surface area contributed by atoms with Crippen LogP contribution in [-0.2, 0) is 25.6 Å². The molecule has 13 nitrogen and oxygen atoms in total. The first-order valence-corrected chi connectivity index (χ1v) is 17.1. The fourth-order valence-electron chi connectivity index (χ4n) is 5.86. The summed E-state index contributed by atoms with van der Waals surface area (Å²) >= 11 is 6.19. The van der Waals surface area contributed by atoms with Crippen molar-refractivity contribution in [3.63, 3.8) is 0 Å². The number of ether oxygens (including phenoxy) is 2. The molecular weight excluding hydrogens is 686 g/mol. The van der Waals surface area contributed by atoms with Gasteiger partial charge in [-0.25, -0.2) is 4.79 Å². The molecule has 1 aromatic heterocycles. The molecule has 2 aliphatic rings. The maximum absolute atomic E-state index is 14.1. The number of nitriles is 1. The van der Waals surface area contributed by atoms with Gasteiger partial charge in [0.25, 0.3) is 5.91 Å². The number of halogens is 1. The average Bonchev–Trinajstić information content (AvgIpc) is 3.59. The van der Waals surface area contributed by atoms with E-state index in [0.717, 1.165) is 0 Å². The zero-order valence-corrected chi connectivity index (χ0v) is 28.9. The predicted octanol–water partition coefficient (Wildman–Crippen LogP) is 4.17. The zero-order chi connectivity index (χ0) is 36.5. The number of aromatic hydroxyl groups is 1. The summed E-state index contributed by atoms with van der Waals surface area (Å²) in [6, 6.07) is 20.3. The summed E-state index contributed by atoms with van der Waals surface area (Å²) in [6.45, 7) is 2.43. The summed E-state index contributed by atoms with van der Waals surface area (Å²) in [5.41, 5.74) is 3.11. The lowest BCUT2D eigenvalue weighted by atomic mass is 10.0. The van der Waals surface area contributed by atoms with Crippen molar-refractivity contribution in [3.05, 3.63) is 101 Å². The molecule has 2 saturated heterocycles.